The number of carbonyl (C=O) groups is 2. The molecule has 0 saturated heterocycles. The molecule has 2 amide bonds. The highest BCUT2D eigenvalue weighted by molar-refractivity contribution is 9.10. The zero-order valence-electron chi connectivity index (χ0n) is 13.4. The van der Waals surface area contributed by atoms with E-state index in [-0.39, 0.29) is 23.7 Å². The number of halogens is 1. The smallest absolute Gasteiger partial charge is 0.228 e. The average molecular weight is 387 g/mol. The molecule has 0 bridgehead atoms. The van der Waals surface area contributed by atoms with Gasteiger partial charge in [-0.2, -0.15) is 0 Å². The molecule has 124 valence electrons. The van der Waals surface area contributed by atoms with Gasteiger partial charge in [0.15, 0.2) is 0 Å². The van der Waals surface area contributed by atoms with Crippen LogP contribution in [0.15, 0.2) is 53.0 Å². The molecule has 0 aliphatic heterocycles. The fraction of sp³-hybridized carbons (Fsp3) is 0.263. The van der Waals surface area contributed by atoms with Crippen LogP contribution in [0.1, 0.15) is 17.5 Å². The third kappa shape index (κ3) is 4.03. The van der Waals surface area contributed by atoms with Crippen molar-refractivity contribution in [3.8, 4) is 0 Å². The van der Waals surface area contributed by atoms with Gasteiger partial charge in [-0.25, -0.2) is 0 Å². The maximum absolute atomic E-state index is 12.3. The van der Waals surface area contributed by atoms with Crippen LogP contribution in [0.25, 0.3) is 0 Å². The minimum absolute atomic E-state index is 0.0518. The second-order valence-electron chi connectivity index (χ2n) is 6.11. The quantitative estimate of drug-likeness (QED) is 0.823. The van der Waals surface area contributed by atoms with Crippen LogP contribution in [0.2, 0.25) is 0 Å². The summed E-state index contributed by atoms with van der Waals surface area (Å²) >= 11 is 3.45. The average Bonchev–Trinajstić information content (AvgIpc) is 3.38. The van der Waals surface area contributed by atoms with E-state index in [1.807, 2.05) is 55.5 Å². The summed E-state index contributed by atoms with van der Waals surface area (Å²) in [4.78, 5) is 24.4. The molecule has 4 nitrogen and oxygen atoms in total. The first-order valence-corrected chi connectivity index (χ1v) is 8.72. The summed E-state index contributed by atoms with van der Waals surface area (Å²) in [7, 11) is 0. The molecule has 2 atom stereocenters. The van der Waals surface area contributed by atoms with Crippen molar-refractivity contribution in [1.29, 1.82) is 0 Å². The molecule has 0 radical (unpaired) electrons. The van der Waals surface area contributed by atoms with E-state index in [1.165, 1.54) is 0 Å². The Labute approximate surface area is 149 Å². The lowest BCUT2D eigenvalue weighted by atomic mass is 10.2. The standard InChI is InChI=1S/C19H19BrN2O2/c1-12-7-8-14(9-17(12)20)22-19(24)16-10-15(16)18(23)21-11-13-5-3-2-4-6-13/h2-9,15-16H,10-11H2,1H3,(H,21,23)(H,22,24). The van der Waals surface area contributed by atoms with E-state index in [2.05, 4.69) is 26.6 Å². The lowest BCUT2D eigenvalue weighted by Gasteiger charge is -2.07. The molecule has 0 heterocycles. The summed E-state index contributed by atoms with van der Waals surface area (Å²) in [5.41, 5.74) is 2.91. The molecule has 2 N–H and O–H groups in total. The summed E-state index contributed by atoms with van der Waals surface area (Å²) in [5, 5.41) is 5.78. The molecule has 3 rings (SSSR count). The predicted molar refractivity (Wildman–Crippen MR) is 97.4 cm³/mol. The van der Waals surface area contributed by atoms with Crippen LogP contribution < -0.4 is 10.6 Å². The van der Waals surface area contributed by atoms with Crippen LogP contribution in [-0.2, 0) is 16.1 Å². The molecule has 2 aromatic carbocycles. The third-order valence-corrected chi connectivity index (χ3v) is 5.07. The Hall–Kier alpha value is -2.14. The lowest BCUT2D eigenvalue weighted by Crippen LogP contribution is -2.27. The molecular weight excluding hydrogens is 368 g/mol. The van der Waals surface area contributed by atoms with Gasteiger partial charge < -0.3 is 10.6 Å². The molecule has 1 aliphatic carbocycles. The zero-order chi connectivity index (χ0) is 17.1. The van der Waals surface area contributed by atoms with E-state index in [9.17, 15) is 9.59 Å². The number of carbonyl (C=O) groups excluding carboxylic acids is 2. The number of aryl methyl sites for hydroxylation is 1. The van der Waals surface area contributed by atoms with Crippen molar-refractivity contribution in [3.63, 3.8) is 0 Å². The summed E-state index contributed by atoms with van der Waals surface area (Å²) in [6.45, 7) is 2.49. The van der Waals surface area contributed by atoms with Crippen LogP contribution >= 0.6 is 15.9 Å². The predicted octanol–water partition coefficient (Wildman–Crippen LogP) is 3.65. The van der Waals surface area contributed by atoms with Crippen LogP contribution in [0.4, 0.5) is 5.69 Å². The summed E-state index contributed by atoms with van der Waals surface area (Å²) in [6.07, 6.45) is 0.611. The third-order valence-electron chi connectivity index (χ3n) is 4.21. The first kappa shape index (κ1) is 16.7. The highest BCUT2D eigenvalue weighted by Gasteiger charge is 2.47. The van der Waals surface area contributed by atoms with Crippen molar-refractivity contribution >= 4 is 33.4 Å². The number of rotatable bonds is 5. The molecule has 1 fully saturated rings. The fourth-order valence-electron chi connectivity index (χ4n) is 2.60. The van der Waals surface area contributed by atoms with Crippen molar-refractivity contribution in [3.05, 3.63) is 64.1 Å². The number of benzene rings is 2. The summed E-state index contributed by atoms with van der Waals surface area (Å²) < 4.78 is 0.952. The highest BCUT2D eigenvalue weighted by Crippen LogP contribution is 2.39. The van der Waals surface area contributed by atoms with Crippen molar-refractivity contribution in [2.45, 2.75) is 19.9 Å². The van der Waals surface area contributed by atoms with Crippen molar-refractivity contribution in [1.82, 2.24) is 5.32 Å². The lowest BCUT2D eigenvalue weighted by molar-refractivity contribution is -0.125. The van der Waals surface area contributed by atoms with Crippen molar-refractivity contribution in [2.75, 3.05) is 5.32 Å². The topological polar surface area (TPSA) is 58.2 Å². The Bertz CT molecular complexity index is 761. The summed E-state index contributed by atoms with van der Waals surface area (Å²) in [6, 6.07) is 15.4. The largest absolute Gasteiger partial charge is 0.352 e. The van der Waals surface area contributed by atoms with Crippen LogP contribution in [-0.4, -0.2) is 11.8 Å². The van der Waals surface area contributed by atoms with Gasteiger partial charge in [-0.1, -0.05) is 52.3 Å². The van der Waals surface area contributed by atoms with E-state index >= 15 is 0 Å². The Morgan fingerprint density at radius 1 is 1.08 bits per heavy atom. The van der Waals surface area contributed by atoms with Crippen molar-refractivity contribution in [2.24, 2.45) is 11.8 Å². The number of hydrogen-bond donors (Lipinski definition) is 2. The van der Waals surface area contributed by atoms with Gasteiger partial charge in [-0.05, 0) is 36.6 Å². The monoisotopic (exact) mass is 386 g/mol. The maximum atomic E-state index is 12.3. The molecule has 1 aliphatic rings. The molecule has 1 saturated carbocycles. The van der Waals surface area contributed by atoms with Gasteiger partial charge in [0.25, 0.3) is 0 Å². The Balaban J connectivity index is 1.49. The van der Waals surface area contributed by atoms with Gasteiger partial charge in [0, 0.05) is 16.7 Å². The van der Waals surface area contributed by atoms with Crippen LogP contribution in [0, 0.1) is 18.8 Å². The van der Waals surface area contributed by atoms with Gasteiger partial charge in [0.2, 0.25) is 11.8 Å². The maximum Gasteiger partial charge on any atom is 0.228 e. The highest BCUT2D eigenvalue weighted by atomic mass is 79.9. The second kappa shape index (κ2) is 7.18. The first-order chi connectivity index (χ1) is 11.5. The molecule has 5 heteroatoms. The minimum atomic E-state index is -0.235. The van der Waals surface area contributed by atoms with Gasteiger partial charge in [0.05, 0.1) is 11.8 Å². The zero-order valence-corrected chi connectivity index (χ0v) is 15.0. The van der Waals surface area contributed by atoms with Gasteiger partial charge in [-0.3, -0.25) is 9.59 Å². The first-order valence-electron chi connectivity index (χ1n) is 7.93. The SMILES string of the molecule is Cc1ccc(NC(=O)C2CC2C(=O)NCc2ccccc2)cc1Br. The Morgan fingerprint density at radius 2 is 1.79 bits per heavy atom. The number of anilines is 1. The van der Waals surface area contributed by atoms with Gasteiger partial charge in [-0.15, -0.1) is 0 Å². The molecule has 0 spiro atoms. The minimum Gasteiger partial charge on any atom is -0.352 e. The van der Waals surface area contributed by atoms with Gasteiger partial charge in [0.1, 0.15) is 0 Å². The van der Waals surface area contributed by atoms with Crippen molar-refractivity contribution < 1.29 is 9.59 Å². The molecule has 24 heavy (non-hydrogen) atoms. The number of amides is 2. The molecule has 2 aromatic rings. The Morgan fingerprint density at radius 3 is 2.50 bits per heavy atom. The van der Waals surface area contributed by atoms with E-state index in [4.69, 9.17) is 0 Å². The van der Waals surface area contributed by atoms with E-state index < -0.39 is 0 Å². The normalized spacial score (nSPS) is 18.8. The van der Waals surface area contributed by atoms with Crippen LogP contribution in [0.3, 0.4) is 0 Å². The second-order valence-corrected chi connectivity index (χ2v) is 6.96. The van der Waals surface area contributed by atoms with Gasteiger partial charge >= 0.3 is 0 Å². The number of hydrogen-bond acceptors (Lipinski definition) is 2. The Kier molecular flexibility index (Phi) is 5.00. The molecule has 2 unspecified atom stereocenters. The fourth-order valence-corrected chi connectivity index (χ4v) is 2.98. The molecular formula is C19H19BrN2O2. The van der Waals surface area contributed by atoms with E-state index in [0.29, 0.717) is 13.0 Å². The van der Waals surface area contributed by atoms with E-state index in [0.717, 1.165) is 21.3 Å². The van der Waals surface area contributed by atoms with Crippen LogP contribution in [0.5, 0.6) is 0 Å². The summed E-state index contributed by atoms with van der Waals surface area (Å²) in [5.74, 6) is -0.599. The van der Waals surface area contributed by atoms with E-state index in [1.54, 1.807) is 0 Å². The molecule has 0 aromatic heterocycles. The number of nitrogens with one attached hydrogen (secondary N) is 2.